The van der Waals surface area contributed by atoms with E-state index in [0.29, 0.717) is 11.7 Å². The van der Waals surface area contributed by atoms with E-state index in [-0.39, 0.29) is 17.7 Å². The average Bonchev–Trinajstić information content (AvgIpc) is 3.33. The number of unbranched alkanes of at least 4 members (excludes halogenated alkanes) is 1. The third-order valence-corrected chi connectivity index (χ3v) is 6.22. The second kappa shape index (κ2) is 11.9. The van der Waals surface area contributed by atoms with E-state index in [1.807, 2.05) is 31.6 Å². The number of amides is 3. The Kier molecular flexibility index (Phi) is 9.62. The topological polar surface area (TPSA) is 92.2 Å². The van der Waals surface area contributed by atoms with Crippen LogP contribution in [0.15, 0.2) is 22.7 Å². The predicted molar refractivity (Wildman–Crippen MR) is 117 cm³/mol. The van der Waals surface area contributed by atoms with Gasteiger partial charge in [-0.2, -0.15) is 0 Å². The van der Waals surface area contributed by atoms with Gasteiger partial charge < -0.3 is 9.88 Å². The lowest BCUT2D eigenvalue weighted by molar-refractivity contribution is -0.117. The minimum Gasteiger partial charge on any atom is -0.333 e. The van der Waals surface area contributed by atoms with E-state index in [1.54, 1.807) is 11.3 Å². The fourth-order valence-corrected chi connectivity index (χ4v) is 4.29. The maximum Gasteiger partial charge on any atom is 0.321 e. The normalized spacial score (nSPS) is 12.2. The van der Waals surface area contributed by atoms with Crippen molar-refractivity contribution in [3.05, 3.63) is 28.2 Å². The van der Waals surface area contributed by atoms with E-state index < -0.39 is 6.03 Å². The molecule has 0 aliphatic carbocycles. The molecule has 10 heteroatoms. The van der Waals surface area contributed by atoms with Crippen molar-refractivity contribution in [1.82, 2.24) is 30.3 Å². The SMILES string of the molecule is CCCCn1c(SCC(=O)NC(=O)NCc2cccs2)nnc1C(CC)N(C)C. The summed E-state index contributed by atoms with van der Waals surface area (Å²) in [6, 6.07) is 3.53. The van der Waals surface area contributed by atoms with Crippen LogP contribution in [0.1, 0.15) is 49.9 Å². The van der Waals surface area contributed by atoms with Gasteiger partial charge in [0.15, 0.2) is 11.0 Å². The van der Waals surface area contributed by atoms with Crippen molar-refractivity contribution >= 4 is 35.0 Å². The van der Waals surface area contributed by atoms with E-state index in [2.05, 4.69) is 44.1 Å². The molecule has 3 amide bonds. The number of rotatable bonds is 11. The summed E-state index contributed by atoms with van der Waals surface area (Å²) in [5.74, 6) is 0.669. The van der Waals surface area contributed by atoms with Gasteiger partial charge in [0.2, 0.25) is 5.91 Å². The summed E-state index contributed by atoms with van der Waals surface area (Å²) in [6.07, 6.45) is 3.00. The maximum absolute atomic E-state index is 12.2. The van der Waals surface area contributed by atoms with E-state index in [4.69, 9.17) is 0 Å². The lowest BCUT2D eigenvalue weighted by atomic mass is 10.2. The first-order valence-corrected chi connectivity index (χ1v) is 11.6. The molecule has 2 heterocycles. The molecule has 0 saturated carbocycles. The molecule has 2 aromatic rings. The molecule has 0 aliphatic rings. The summed E-state index contributed by atoms with van der Waals surface area (Å²) in [4.78, 5) is 27.2. The Balaban J connectivity index is 1.93. The number of carbonyl (C=O) groups excluding carboxylic acids is 2. The molecule has 2 aromatic heterocycles. The van der Waals surface area contributed by atoms with Crippen LogP contribution in [0, 0.1) is 0 Å². The number of carbonyl (C=O) groups is 2. The Morgan fingerprint density at radius 1 is 1.31 bits per heavy atom. The Bertz CT molecular complexity index is 776. The van der Waals surface area contributed by atoms with E-state index in [1.165, 1.54) is 11.8 Å². The monoisotopic (exact) mass is 438 g/mol. The van der Waals surface area contributed by atoms with Crippen molar-refractivity contribution in [2.24, 2.45) is 0 Å². The zero-order valence-electron chi connectivity index (χ0n) is 17.5. The van der Waals surface area contributed by atoms with Gasteiger partial charge in [-0.05, 0) is 38.4 Å². The summed E-state index contributed by atoms with van der Waals surface area (Å²) in [7, 11) is 4.06. The third-order valence-electron chi connectivity index (χ3n) is 4.38. The highest BCUT2D eigenvalue weighted by Crippen LogP contribution is 2.25. The molecular weight excluding hydrogens is 408 g/mol. The Morgan fingerprint density at radius 2 is 2.10 bits per heavy atom. The summed E-state index contributed by atoms with van der Waals surface area (Å²) >= 11 is 2.86. The molecule has 8 nitrogen and oxygen atoms in total. The van der Waals surface area contributed by atoms with Gasteiger partial charge in [0.25, 0.3) is 0 Å². The quantitative estimate of drug-likeness (QED) is 0.523. The van der Waals surface area contributed by atoms with Crippen molar-refractivity contribution in [3.8, 4) is 0 Å². The molecule has 29 heavy (non-hydrogen) atoms. The molecule has 160 valence electrons. The summed E-state index contributed by atoms with van der Waals surface area (Å²) < 4.78 is 2.10. The zero-order chi connectivity index (χ0) is 21.2. The van der Waals surface area contributed by atoms with Gasteiger partial charge in [0, 0.05) is 11.4 Å². The number of imide groups is 1. The van der Waals surface area contributed by atoms with Gasteiger partial charge in [-0.25, -0.2) is 4.79 Å². The van der Waals surface area contributed by atoms with E-state index in [9.17, 15) is 9.59 Å². The van der Waals surface area contributed by atoms with Gasteiger partial charge in [0.1, 0.15) is 0 Å². The van der Waals surface area contributed by atoms with Crippen LogP contribution in [-0.2, 0) is 17.9 Å². The Morgan fingerprint density at radius 3 is 2.72 bits per heavy atom. The molecule has 0 radical (unpaired) electrons. The standard InChI is InChI=1S/C19H30N6O2S2/c1-5-7-10-25-17(15(6-2)24(3)4)22-23-19(25)29-13-16(26)21-18(27)20-12-14-9-8-11-28-14/h8-9,11,15H,5-7,10,12-13H2,1-4H3,(H2,20,21,26,27). The lowest BCUT2D eigenvalue weighted by Crippen LogP contribution is -2.39. The molecule has 0 fully saturated rings. The Hall–Kier alpha value is -1.91. The van der Waals surface area contributed by atoms with Crippen molar-refractivity contribution < 1.29 is 9.59 Å². The number of thioether (sulfide) groups is 1. The molecule has 0 aromatic carbocycles. The average molecular weight is 439 g/mol. The van der Waals surface area contributed by atoms with Crippen molar-refractivity contribution in [2.75, 3.05) is 19.8 Å². The molecule has 0 aliphatic heterocycles. The first kappa shape index (κ1) is 23.4. The molecule has 0 saturated heterocycles. The number of urea groups is 1. The number of hydrogen-bond donors (Lipinski definition) is 2. The van der Waals surface area contributed by atoms with Gasteiger partial charge in [0.05, 0.1) is 18.3 Å². The highest BCUT2D eigenvalue weighted by atomic mass is 32.2. The van der Waals surface area contributed by atoms with Crippen LogP contribution in [0.5, 0.6) is 0 Å². The predicted octanol–water partition coefficient (Wildman–Crippen LogP) is 3.27. The molecule has 2 N–H and O–H groups in total. The minimum atomic E-state index is -0.490. The second-order valence-corrected chi connectivity index (χ2v) is 8.81. The number of nitrogens with zero attached hydrogens (tertiary/aromatic N) is 4. The highest BCUT2D eigenvalue weighted by molar-refractivity contribution is 7.99. The maximum atomic E-state index is 12.2. The number of hydrogen-bond acceptors (Lipinski definition) is 7. The minimum absolute atomic E-state index is 0.107. The molecule has 0 spiro atoms. The number of thiophene rings is 1. The smallest absolute Gasteiger partial charge is 0.321 e. The molecule has 2 rings (SSSR count). The van der Waals surface area contributed by atoms with Crippen LogP contribution in [0.2, 0.25) is 0 Å². The summed E-state index contributed by atoms with van der Waals surface area (Å²) in [5, 5.41) is 16.4. The largest absolute Gasteiger partial charge is 0.333 e. The van der Waals surface area contributed by atoms with E-state index in [0.717, 1.165) is 36.5 Å². The van der Waals surface area contributed by atoms with Crippen LogP contribution in [-0.4, -0.2) is 51.5 Å². The fraction of sp³-hybridized carbons (Fsp3) is 0.579. The number of nitrogens with one attached hydrogen (secondary N) is 2. The molecule has 1 unspecified atom stereocenters. The molecule has 0 bridgehead atoms. The van der Waals surface area contributed by atoms with Crippen LogP contribution in [0.4, 0.5) is 4.79 Å². The van der Waals surface area contributed by atoms with Crippen molar-refractivity contribution in [1.29, 1.82) is 0 Å². The number of aromatic nitrogens is 3. The first-order chi connectivity index (χ1) is 14.0. The van der Waals surface area contributed by atoms with E-state index >= 15 is 0 Å². The molecule has 1 atom stereocenters. The van der Waals surface area contributed by atoms with Gasteiger partial charge in [-0.15, -0.1) is 21.5 Å². The van der Waals surface area contributed by atoms with Gasteiger partial charge in [-0.1, -0.05) is 38.1 Å². The lowest BCUT2D eigenvalue weighted by Gasteiger charge is -2.23. The fourth-order valence-electron chi connectivity index (χ4n) is 2.88. The summed E-state index contributed by atoms with van der Waals surface area (Å²) in [5.41, 5.74) is 0. The van der Waals surface area contributed by atoms with Crippen LogP contribution >= 0.6 is 23.1 Å². The zero-order valence-corrected chi connectivity index (χ0v) is 19.1. The third kappa shape index (κ3) is 7.13. The van der Waals surface area contributed by atoms with Gasteiger partial charge in [-0.3, -0.25) is 15.0 Å². The molecular formula is C19H30N6O2S2. The van der Waals surface area contributed by atoms with Crippen LogP contribution in [0.25, 0.3) is 0 Å². The van der Waals surface area contributed by atoms with Crippen LogP contribution in [0.3, 0.4) is 0 Å². The van der Waals surface area contributed by atoms with Gasteiger partial charge >= 0.3 is 6.03 Å². The van der Waals surface area contributed by atoms with Crippen molar-refractivity contribution in [3.63, 3.8) is 0 Å². The highest BCUT2D eigenvalue weighted by Gasteiger charge is 2.22. The van der Waals surface area contributed by atoms with Crippen LogP contribution < -0.4 is 10.6 Å². The Labute approximate surface area is 180 Å². The van der Waals surface area contributed by atoms with Crippen molar-refractivity contribution in [2.45, 2.75) is 57.4 Å². The first-order valence-electron chi connectivity index (χ1n) is 9.78. The second-order valence-electron chi connectivity index (χ2n) is 6.83. The summed E-state index contributed by atoms with van der Waals surface area (Å²) in [6.45, 7) is 5.48.